The van der Waals surface area contributed by atoms with Gasteiger partial charge in [0.2, 0.25) is 7.37 Å². The molecule has 88 valence electrons. The zero-order chi connectivity index (χ0) is 12.3. The van der Waals surface area contributed by atoms with Crippen LogP contribution in [-0.2, 0) is 9.09 Å². The first kappa shape index (κ1) is 12.9. The fourth-order valence-electron chi connectivity index (χ4n) is 1.43. The van der Waals surface area contributed by atoms with E-state index in [-0.39, 0.29) is 17.6 Å². The van der Waals surface area contributed by atoms with Gasteiger partial charge < -0.3 is 4.52 Å². The summed E-state index contributed by atoms with van der Waals surface area (Å²) in [6.45, 7) is 5.16. The molecule has 0 spiro atoms. The maximum atomic E-state index is 12.2. The molecule has 1 rings (SSSR count). The van der Waals surface area contributed by atoms with Gasteiger partial charge in [-0.1, -0.05) is 6.07 Å². The summed E-state index contributed by atoms with van der Waals surface area (Å²) in [6.07, 6.45) is 0. The third kappa shape index (κ3) is 2.68. The van der Waals surface area contributed by atoms with Crippen molar-refractivity contribution in [3.05, 3.63) is 33.9 Å². The van der Waals surface area contributed by atoms with E-state index >= 15 is 0 Å². The van der Waals surface area contributed by atoms with Crippen molar-refractivity contribution < 1.29 is 14.0 Å². The van der Waals surface area contributed by atoms with Gasteiger partial charge in [0.15, 0.2) is 0 Å². The van der Waals surface area contributed by atoms with Crippen LogP contribution in [0.15, 0.2) is 18.2 Å². The molecule has 0 radical (unpaired) electrons. The van der Waals surface area contributed by atoms with E-state index in [9.17, 15) is 14.7 Å². The molecule has 0 saturated carbocycles. The quantitative estimate of drug-likeness (QED) is 0.462. The molecule has 1 aromatic carbocycles. The maximum Gasteiger partial charge on any atom is 0.282 e. The molecule has 1 unspecified atom stereocenters. The SMILES string of the molecule is CCOP(C)(=O)c1cc(C)ccc1[N+](=O)[O-]. The Morgan fingerprint density at radius 3 is 2.62 bits per heavy atom. The van der Waals surface area contributed by atoms with Gasteiger partial charge in [-0.25, -0.2) is 0 Å². The Morgan fingerprint density at radius 2 is 2.12 bits per heavy atom. The van der Waals surface area contributed by atoms with Gasteiger partial charge in [0.1, 0.15) is 5.30 Å². The molecule has 16 heavy (non-hydrogen) atoms. The van der Waals surface area contributed by atoms with Gasteiger partial charge in [-0.3, -0.25) is 14.7 Å². The van der Waals surface area contributed by atoms with Crippen LogP contribution in [0.3, 0.4) is 0 Å². The molecule has 0 aromatic heterocycles. The third-order valence-electron chi connectivity index (χ3n) is 2.14. The number of nitro groups is 1. The summed E-state index contributed by atoms with van der Waals surface area (Å²) in [5.41, 5.74) is 0.673. The average molecular weight is 243 g/mol. The number of benzene rings is 1. The van der Waals surface area contributed by atoms with E-state index in [2.05, 4.69) is 0 Å². The molecule has 0 N–H and O–H groups in total. The maximum absolute atomic E-state index is 12.2. The standard InChI is InChI=1S/C10H14NO4P/c1-4-15-16(3,14)10-7-8(2)5-6-9(10)11(12)13/h5-7H,4H2,1-3H3. The first-order valence-corrected chi connectivity index (χ1v) is 6.93. The Kier molecular flexibility index (Phi) is 3.83. The monoisotopic (exact) mass is 243 g/mol. The second-order valence-corrected chi connectivity index (χ2v) is 5.94. The molecule has 0 fully saturated rings. The molecule has 0 saturated heterocycles. The van der Waals surface area contributed by atoms with Gasteiger partial charge in [-0.05, 0) is 25.5 Å². The van der Waals surface area contributed by atoms with Crippen LogP contribution in [0, 0.1) is 17.0 Å². The Morgan fingerprint density at radius 1 is 1.50 bits per heavy atom. The van der Waals surface area contributed by atoms with E-state index in [0.29, 0.717) is 0 Å². The summed E-state index contributed by atoms with van der Waals surface area (Å²) in [5.74, 6) is 0. The summed E-state index contributed by atoms with van der Waals surface area (Å²) < 4.78 is 17.3. The number of hydrogen-bond donors (Lipinski definition) is 0. The van der Waals surface area contributed by atoms with Crippen molar-refractivity contribution in [3.63, 3.8) is 0 Å². The molecule has 0 amide bonds. The van der Waals surface area contributed by atoms with Gasteiger partial charge in [0.25, 0.3) is 5.69 Å². The van der Waals surface area contributed by atoms with Crippen LogP contribution < -0.4 is 5.30 Å². The zero-order valence-electron chi connectivity index (χ0n) is 9.47. The molecular formula is C10H14NO4P. The van der Waals surface area contributed by atoms with E-state index in [1.807, 2.05) is 0 Å². The first-order valence-electron chi connectivity index (χ1n) is 4.86. The smallest absolute Gasteiger partial charge is 0.282 e. The lowest BCUT2D eigenvalue weighted by Gasteiger charge is -2.13. The molecule has 0 aliphatic carbocycles. The Hall–Kier alpha value is -1.19. The lowest BCUT2D eigenvalue weighted by molar-refractivity contribution is -0.383. The normalized spacial score (nSPS) is 14.4. The van der Waals surface area contributed by atoms with Crippen LogP contribution in [0.1, 0.15) is 12.5 Å². The Labute approximate surface area is 94.0 Å². The molecule has 6 heteroatoms. The fraction of sp³-hybridized carbons (Fsp3) is 0.400. The number of rotatable bonds is 4. The minimum atomic E-state index is -3.11. The topological polar surface area (TPSA) is 69.4 Å². The third-order valence-corrected chi connectivity index (χ3v) is 4.12. The van der Waals surface area contributed by atoms with Crippen molar-refractivity contribution in [2.75, 3.05) is 13.3 Å². The number of hydrogen-bond acceptors (Lipinski definition) is 4. The van der Waals surface area contributed by atoms with Gasteiger partial charge in [0.05, 0.1) is 11.5 Å². The van der Waals surface area contributed by atoms with E-state index in [4.69, 9.17) is 4.52 Å². The van der Waals surface area contributed by atoms with Crippen LogP contribution in [0.2, 0.25) is 0 Å². The Balaban J connectivity index is 3.35. The van der Waals surface area contributed by atoms with E-state index in [0.717, 1.165) is 5.56 Å². The van der Waals surface area contributed by atoms with E-state index in [1.165, 1.54) is 12.7 Å². The van der Waals surface area contributed by atoms with Gasteiger partial charge in [-0.2, -0.15) is 0 Å². The van der Waals surface area contributed by atoms with Gasteiger partial charge in [0, 0.05) is 12.7 Å². The highest BCUT2D eigenvalue weighted by Crippen LogP contribution is 2.44. The second-order valence-electron chi connectivity index (χ2n) is 3.51. The summed E-state index contributed by atoms with van der Waals surface area (Å²) in [4.78, 5) is 10.3. The lowest BCUT2D eigenvalue weighted by Crippen LogP contribution is -2.12. The largest absolute Gasteiger partial charge is 0.326 e. The molecule has 0 bridgehead atoms. The molecule has 1 aromatic rings. The van der Waals surface area contributed by atoms with Crippen LogP contribution in [0.4, 0.5) is 5.69 Å². The number of nitrogens with zero attached hydrogens (tertiary/aromatic N) is 1. The highest BCUT2D eigenvalue weighted by atomic mass is 31.2. The van der Waals surface area contributed by atoms with Crippen molar-refractivity contribution in [3.8, 4) is 0 Å². The Bertz CT molecular complexity index is 458. The average Bonchev–Trinajstić information content (AvgIpc) is 2.17. The van der Waals surface area contributed by atoms with E-state index in [1.54, 1.807) is 26.0 Å². The highest BCUT2D eigenvalue weighted by molar-refractivity contribution is 7.66. The number of aryl methyl sites for hydroxylation is 1. The van der Waals surface area contributed by atoms with Crippen LogP contribution in [0.25, 0.3) is 0 Å². The van der Waals surface area contributed by atoms with Crippen LogP contribution in [0.5, 0.6) is 0 Å². The van der Waals surface area contributed by atoms with Crippen molar-refractivity contribution in [2.45, 2.75) is 13.8 Å². The summed E-state index contributed by atoms with van der Waals surface area (Å²) >= 11 is 0. The van der Waals surface area contributed by atoms with Crippen LogP contribution in [-0.4, -0.2) is 18.2 Å². The summed E-state index contributed by atoms with van der Waals surface area (Å²) in [6, 6.07) is 4.53. The van der Waals surface area contributed by atoms with Crippen molar-refractivity contribution in [1.29, 1.82) is 0 Å². The lowest BCUT2D eigenvalue weighted by atomic mass is 10.2. The number of nitro benzene ring substituents is 1. The second kappa shape index (κ2) is 4.76. The fourth-order valence-corrected chi connectivity index (χ4v) is 3.07. The summed E-state index contributed by atoms with van der Waals surface area (Å²) in [5, 5.41) is 11.0. The van der Waals surface area contributed by atoms with Crippen LogP contribution >= 0.6 is 7.37 Å². The van der Waals surface area contributed by atoms with E-state index < -0.39 is 12.3 Å². The molecule has 0 heterocycles. The van der Waals surface area contributed by atoms with Crippen molar-refractivity contribution >= 4 is 18.4 Å². The van der Waals surface area contributed by atoms with Crippen molar-refractivity contribution in [2.24, 2.45) is 0 Å². The minimum Gasteiger partial charge on any atom is -0.326 e. The predicted octanol–water partition coefficient (Wildman–Crippen LogP) is 2.47. The van der Waals surface area contributed by atoms with Crippen molar-refractivity contribution in [1.82, 2.24) is 0 Å². The highest BCUT2D eigenvalue weighted by Gasteiger charge is 2.28. The molecule has 1 atom stereocenters. The minimum absolute atomic E-state index is 0.148. The first-order chi connectivity index (χ1) is 7.38. The zero-order valence-corrected chi connectivity index (χ0v) is 10.4. The predicted molar refractivity (Wildman–Crippen MR) is 62.6 cm³/mol. The molecule has 5 nitrogen and oxygen atoms in total. The van der Waals surface area contributed by atoms with Gasteiger partial charge in [-0.15, -0.1) is 0 Å². The van der Waals surface area contributed by atoms with Gasteiger partial charge >= 0.3 is 0 Å². The molecule has 0 aliphatic rings. The molecule has 0 aliphatic heterocycles. The molecular weight excluding hydrogens is 229 g/mol. The summed E-state index contributed by atoms with van der Waals surface area (Å²) in [7, 11) is -3.11.